The lowest BCUT2D eigenvalue weighted by Crippen LogP contribution is -2.41. The molecule has 0 saturated carbocycles. The van der Waals surface area contributed by atoms with Crippen LogP contribution in [-0.2, 0) is 23.1 Å². The number of nitrogens with one attached hydrogen (secondary N) is 1. The number of alkyl carbamates (subject to hydrolysis) is 1. The molecule has 0 radical (unpaired) electrons. The Hall–Kier alpha value is -2.67. The fraction of sp³-hybridized carbons (Fsp3) is 0.417. The summed E-state index contributed by atoms with van der Waals surface area (Å²) in [5.74, 6) is -2.20. The summed E-state index contributed by atoms with van der Waals surface area (Å²) < 4.78 is 36.0. The summed E-state index contributed by atoms with van der Waals surface area (Å²) >= 11 is 0. The van der Waals surface area contributed by atoms with Crippen molar-refractivity contribution in [1.82, 2.24) is 5.32 Å². The van der Waals surface area contributed by atoms with Gasteiger partial charge in [0.1, 0.15) is 11.6 Å². The molecule has 0 spiro atoms. The molecule has 0 aliphatic heterocycles. The summed E-state index contributed by atoms with van der Waals surface area (Å²) in [5, 5.41) is 2.70. The third kappa shape index (κ3) is 8.00. The van der Waals surface area contributed by atoms with Gasteiger partial charge >= 0.3 is 19.7 Å². The van der Waals surface area contributed by atoms with E-state index in [1.807, 2.05) is 0 Å². The molecule has 1 N–H and O–H groups in total. The zero-order valence-corrected chi connectivity index (χ0v) is 20.5. The van der Waals surface area contributed by atoms with Gasteiger partial charge in [0, 0.05) is 0 Å². The maximum atomic E-state index is 13.8. The van der Waals surface area contributed by atoms with Gasteiger partial charge in [-0.1, -0.05) is 48.5 Å². The number of carbonyl (C=O) groups is 2. The van der Waals surface area contributed by atoms with Crippen LogP contribution < -0.4 is 5.32 Å². The smallest absolute Gasteiger partial charge is 0.408 e. The largest absolute Gasteiger partial charge is 0.444 e. The lowest BCUT2D eigenvalue weighted by atomic mass is 10.1. The fourth-order valence-corrected chi connectivity index (χ4v) is 4.95. The van der Waals surface area contributed by atoms with Crippen LogP contribution in [0.1, 0.15) is 56.6 Å². The van der Waals surface area contributed by atoms with Gasteiger partial charge in [-0.2, -0.15) is 0 Å². The number of hydrogen-bond acceptors (Lipinski definition) is 7. The molecule has 1 amide bonds. The van der Waals surface area contributed by atoms with Gasteiger partial charge < -0.3 is 23.8 Å². The molecule has 0 fully saturated rings. The molecule has 8 nitrogen and oxygen atoms in total. The number of hydrogen-bond donors (Lipinski definition) is 1. The van der Waals surface area contributed by atoms with Crippen LogP contribution in [0, 0.1) is 0 Å². The second-order valence-corrected chi connectivity index (χ2v) is 10.2. The van der Waals surface area contributed by atoms with Crippen molar-refractivity contribution >= 4 is 19.7 Å². The predicted molar refractivity (Wildman–Crippen MR) is 125 cm³/mol. The highest BCUT2D eigenvalue weighted by Gasteiger charge is 2.46. The van der Waals surface area contributed by atoms with Gasteiger partial charge in [0.25, 0.3) is 0 Å². The number of ether oxygens (including phenoxy) is 2. The van der Waals surface area contributed by atoms with Gasteiger partial charge in [0.05, 0.1) is 18.8 Å². The van der Waals surface area contributed by atoms with Crippen LogP contribution in [0.3, 0.4) is 0 Å². The standard InChI is InChI=1S/C24H32NO7P/c1-6-29-33(28,30-7-2)22(31-21(26)19-16-12-9-13-17-19)20(18-14-10-8-11-15-18)25-23(27)32-24(3,4)5/h8-17,20,22H,6-7H2,1-5H3,(H,25,27)/t20-,22+/m1/s1. The average Bonchev–Trinajstić information content (AvgIpc) is 2.76. The van der Waals surface area contributed by atoms with E-state index in [-0.39, 0.29) is 18.8 Å². The third-order valence-corrected chi connectivity index (χ3v) is 6.55. The summed E-state index contributed by atoms with van der Waals surface area (Å²) in [6, 6.07) is 15.9. The van der Waals surface area contributed by atoms with E-state index >= 15 is 0 Å². The van der Waals surface area contributed by atoms with Gasteiger partial charge in [-0.25, -0.2) is 9.59 Å². The van der Waals surface area contributed by atoms with E-state index in [9.17, 15) is 14.2 Å². The molecule has 9 heteroatoms. The summed E-state index contributed by atoms with van der Waals surface area (Å²) in [5.41, 5.74) is 0.0189. The first kappa shape index (κ1) is 26.6. The second-order valence-electron chi connectivity index (χ2n) is 8.07. The van der Waals surface area contributed by atoms with Crippen LogP contribution in [0.5, 0.6) is 0 Å². The number of amides is 1. The molecule has 2 aromatic carbocycles. The van der Waals surface area contributed by atoms with E-state index in [4.69, 9.17) is 18.5 Å². The number of benzene rings is 2. The van der Waals surface area contributed by atoms with Crippen LogP contribution in [0.25, 0.3) is 0 Å². The number of carbonyl (C=O) groups excluding carboxylic acids is 2. The minimum atomic E-state index is -4.05. The molecular formula is C24H32NO7P. The van der Waals surface area contributed by atoms with Crippen molar-refractivity contribution in [2.75, 3.05) is 13.2 Å². The van der Waals surface area contributed by atoms with E-state index in [1.165, 1.54) is 0 Å². The predicted octanol–water partition coefficient (Wildman–Crippen LogP) is 5.70. The molecule has 2 atom stereocenters. The topological polar surface area (TPSA) is 100 Å². The van der Waals surface area contributed by atoms with Gasteiger partial charge in [0.2, 0.25) is 5.85 Å². The van der Waals surface area contributed by atoms with Gasteiger partial charge in [-0.3, -0.25) is 4.57 Å². The Morgan fingerprint density at radius 2 is 1.42 bits per heavy atom. The third-order valence-electron chi connectivity index (χ3n) is 4.28. The van der Waals surface area contributed by atoms with Crippen LogP contribution in [0.2, 0.25) is 0 Å². The maximum absolute atomic E-state index is 13.8. The first-order valence-corrected chi connectivity index (χ1v) is 12.4. The molecular weight excluding hydrogens is 445 g/mol. The normalized spacial score (nSPS) is 13.6. The molecule has 0 unspecified atom stereocenters. The zero-order chi connectivity index (χ0) is 24.5. The van der Waals surface area contributed by atoms with Crippen LogP contribution >= 0.6 is 7.60 Å². The van der Waals surface area contributed by atoms with E-state index in [0.29, 0.717) is 5.56 Å². The Balaban J connectivity index is 2.54. The summed E-state index contributed by atoms with van der Waals surface area (Å²) in [6.07, 6.45) is -0.767. The summed E-state index contributed by atoms with van der Waals surface area (Å²) in [7, 11) is -4.05. The van der Waals surface area contributed by atoms with Crippen LogP contribution in [0.15, 0.2) is 60.7 Å². The van der Waals surface area contributed by atoms with Crippen molar-refractivity contribution < 1.29 is 32.7 Å². The monoisotopic (exact) mass is 477 g/mol. The Morgan fingerprint density at radius 3 is 1.91 bits per heavy atom. The number of rotatable bonds is 10. The number of esters is 1. The first-order chi connectivity index (χ1) is 15.6. The molecule has 180 valence electrons. The SMILES string of the molecule is CCOP(=O)(OCC)[C@H](OC(=O)c1ccccc1)[C@H](NC(=O)OC(C)(C)C)c1ccccc1. The van der Waals surface area contributed by atoms with Crippen molar-refractivity contribution in [3.63, 3.8) is 0 Å². The molecule has 0 saturated heterocycles. The minimum Gasteiger partial charge on any atom is -0.444 e. The Bertz CT molecular complexity index is 934. The summed E-state index contributed by atoms with van der Waals surface area (Å²) in [4.78, 5) is 25.7. The van der Waals surface area contributed by atoms with Gasteiger partial charge in [0.15, 0.2) is 0 Å². The van der Waals surface area contributed by atoms with E-state index in [0.717, 1.165) is 0 Å². The van der Waals surface area contributed by atoms with Crippen molar-refractivity contribution in [2.45, 2.75) is 52.1 Å². The second kappa shape index (κ2) is 12.0. The molecule has 33 heavy (non-hydrogen) atoms. The Morgan fingerprint density at radius 1 is 0.909 bits per heavy atom. The van der Waals surface area contributed by atoms with E-state index < -0.39 is 37.1 Å². The van der Waals surface area contributed by atoms with Crippen molar-refractivity contribution in [3.05, 3.63) is 71.8 Å². The minimum absolute atomic E-state index is 0.0462. The van der Waals surface area contributed by atoms with E-state index in [2.05, 4.69) is 5.32 Å². The molecule has 0 bridgehead atoms. The fourth-order valence-electron chi connectivity index (χ4n) is 3.03. The summed E-state index contributed by atoms with van der Waals surface area (Å²) in [6.45, 7) is 8.57. The Kier molecular flexibility index (Phi) is 9.65. The molecule has 0 aromatic heterocycles. The van der Waals surface area contributed by atoms with E-state index in [1.54, 1.807) is 95.3 Å². The highest BCUT2D eigenvalue weighted by Crippen LogP contribution is 2.57. The maximum Gasteiger partial charge on any atom is 0.408 e. The van der Waals surface area contributed by atoms with Crippen molar-refractivity contribution in [1.29, 1.82) is 0 Å². The molecule has 0 aliphatic carbocycles. The van der Waals surface area contributed by atoms with Crippen LogP contribution in [0.4, 0.5) is 4.79 Å². The highest BCUT2D eigenvalue weighted by molar-refractivity contribution is 7.54. The molecule has 2 rings (SSSR count). The highest BCUT2D eigenvalue weighted by atomic mass is 31.2. The van der Waals surface area contributed by atoms with Crippen molar-refractivity contribution in [3.8, 4) is 0 Å². The quantitative estimate of drug-likeness (QED) is 0.346. The lowest BCUT2D eigenvalue weighted by Gasteiger charge is -2.33. The first-order valence-electron chi connectivity index (χ1n) is 10.8. The Labute approximate surface area is 195 Å². The average molecular weight is 477 g/mol. The van der Waals surface area contributed by atoms with Crippen molar-refractivity contribution in [2.24, 2.45) is 0 Å². The lowest BCUT2D eigenvalue weighted by molar-refractivity contribution is 0.0224. The zero-order valence-electron chi connectivity index (χ0n) is 19.6. The molecule has 0 aliphatic rings. The molecule has 2 aromatic rings. The van der Waals surface area contributed by atoms with Crippen LogP contribution in [-0.4, -0.2) is 36.7 Å². The van der Waals surface area contributed by atoms with Gasteiger partial charge in [-0.05, 0) is 52.3 Å². The molecule has 0 heterocycles. The van der Waals surface area contributed by atoms with Gasteiger partial charge in [-0.15, -0.1) is 0 Å².